The lowest BCUT2D eigenvalue weighted by Gasteiger charge is -2.32. The summed E-state index contributed by atoms with van der Waals surface area (Å²) < 4.78 is 18.4. The van der Waals surface area contributed by atoms with Gasteiger partial charge >= 0.3 is 0 Å². The summed E-state index contributed by atoms with van der Waals surface area (Å²) in [4.78, 5) is 12.0. The van der Waals surface area contributed by atoms with Crippen molar-refractivity contribution in [3.8, 4) is 0 Å². The van der Waals surface area contributed by atoms with Crippen LogP contribution in [-0.2, 0) is 9.53 Å². The second kappa shape index (κ2) is 9.32. The van der Waals surface area contributed by atoms with Crippen LogP contribution in [0.5, 0.6) is 0 Å². The van der Waals surface area contributed by atoms with E-state index < -0.39 is 0 Å². The van der Waals surface area contributed by atoms with E-state index in [1.165, 1.54) is 18.6 Å². The maximum absolute atomic E-state index is 12.9. The largest absolute Gasteiger partial charge is 0.379 e. The van der Waals surface area contributed by atoms with Crippen LogP contribution in [0.2, 0.25) is 0 Å². The Labute approximate surface area is 148 Å². The molecule has 3 atom stereocenters. The number of hydrogen-bond acceptors (Lipinski definition) is 4. The quantitative estimate of drug-likeness (QED) is 0.753. The van der Waals surface area contributed by atoms with Gasteiger partial charge in [0, 0.05) is 24.3 Å². The smallest absolute Gasteiger partial charge is 0.238 e. The van der Waals surface area contributed by atoms with Crippen LogP contribution in [0.1, 0.15) is 19.3 Å². The van der Waals surface area contributed by atoms with E-state index in [4.69, 9.17) is 4.74 Å². The summed E-state index contributed by atoms with van der Waals surface area (Å²) in [7, 11) is 0. The Morgan fingerprint density at radius 1 is 1.29 bits per heavy atom. The molecule has 24 heavy (non-hydrogen) atoms. The lowest BCUT2D eigenvalue weighted by atomic mass is 9.94. The average Bonchev–Trinajstić information content (AvgIpc) is 3.04. The van der Waals surface area contributed by atoms with Gasteiger partial charge in [0.1, 0.15) is 5.82 Å². The van der Waals surface area contributed by atoms with Gasteiger partial charge in [0.05, 0.1) is 19.8 Å². The molecule has 1 saturated carbocycles. The van der Waals surface area contributed by atoms with Gasteiger partial charge in [-0.15, -0.1) is 12.4 Å². The van der Waals surface area contributed by atoms with Crippen LogP contribution < -0.4 is 16.0 Å². The van der Waals surface area contributed by atoms with Crippen molar-refractivity contribution >= 4 is 24.0 Å². The van der Waals surface area contributed by atoms with Gasteiger partial charge in [-0.3, -0.25) is 4.79 Å². The second-order valence-corrected chi connectivity index (χ2v) is 6.27. The molecule has 2 aliphatic rings. The zero-order valence-electron chi connectivity index (χ0n) is 13.6. The highest BCUT2D eigenvalue weighted by molar-refractivity contribution is 5.92. The van der Waals surface area contributed by atoms with Crippen LogP contribution in [0.4, 0.5) is 10.1 Å². The Bertz CT molecular complexity index is 523. The number of anilines is 1. The summed E-state index contributed by atoms with van der Waals surface area (Å²) in [6, 6.07) is 6.52. The van der Waals surface area contributed by atoms with E-state index >= 15 is 0 Å². The molecule has 1 aliphatic carbocycles. The summed E-state index contributed by atoms with van der Waals surface area (Å²) >= 11 is 0. The Balaban J connectivity index is 0.00000208. The zero-order valence-corrected chi connectivity index (χ0v) is 14.4. The van der Waals surface area contributed by atoms with Crippen LogP contribution in [0.25, 0.3) is 0 Å². The molecule has 3 N–H and O–H groups in total. The van der Waals surface area contributed by atoms with Crippen LogP contribution >= 0.6 is 12.4 Å². The summed E-state index contributed by atoms with van der Waals surface area (Å²) in [5.74, 6) is 0.0983. The van der Waals surface area contributed by atoms with Crippen molar-refractivity contribution in [2.75, 3.05) is 31.6 Å². The number of hydrogen-bond donors (Lipinski definition) is 3. The number of nitrogens with one attached hydrogen (secondary N) is 3. The van der Waals surface area contributed by atoms with Crippen LogP contribution in [-0.4, -0.2) is 44.3 Å². The number of rotatable bonds is 5. The Morgan fingerprint density at radius 3 is 2.79 bits per heavy atom. The monoisotopic (exact) mass is 357 g/mol. The van der Waals surface area contributed by atoms with Crippen molar-refractivity contribution in [3.05, 3.63) is 30.1 Å². The first-order valence-electron chi connectivity index (χ1n) is 8.32. The Kier molecular flexibility index (Phi) is 7.42. The fraction of sp³-hybridized carbons (Fsp3) is 0.588. The van der Waals surface area contributed by atoms with Gasteiger partial charge in [-0.25, -0.2) is 4.39 Å². The second-order valence-electron chi connectivity index (χ2n) is 6.27. The molecule has 134 valence electrons. The van der Waals surface area contributed by atoms with Crippen molar-refractivity contribution in [2.45, 2.75) is 31.3 Å². The number of amides is 1. The van der Waals surface area contributed by atoms with E-state index in [0.29, 0.717) is 23.7 Å². The molecule has 0 spiro atoms. The van der Waals surface area contributed by atoms with E-state index in [2.05, 4.69) is 16.0 Å². The van der Waals surface area contributed by atoms with Gasteiger partial charge in [0.25, 0.3) is 0 Å². The fourth-order valence-corrected chi connectivity index (χ4v) is 3.55. The maximum atomic E-state index is 12.9. The number of halogens is 2. The first kappa shape index (κ1) is 19.1. The molecule has 1 amide bonds. The molecule has 0 radical (unpaired) electrons. The lowest BCUT2D eigenvalue weighted by molar-refractivity contribution is -0.115. The molecule has 1 heterocycles. The van der Waals surface area contributed by atoms with E-state index in [0.717, 1.165) is 32.6 Å². The zero-order chi connectivity index (χ0) is 16.1. The molecule has 1 aliphatic heterocycles. The lowest BCUT2D eigenvalue weighted by Crippen LogP contribution is -2.51. The maximum Gasteiger partial charge on any atom is 0.238 e. The van der Waals surface area contributed by atoms with Crippen molar-refractivity contribution in [3.63, 3.8) is 0 Å². The SMILES string of the molecule is Cl.O=C(CNC1CCCC1C1COCCN1)Nc1ccc(F)cc1. The topological polar surface area (TPSA) is 62.4 Å². The van der Waals surface area contributed by atoms with Crippen molar-refractivity contribution in [2.24, 2.45) is 5.92 Å². The van der Waals surface area contributed by atoms with Crippen LogP contribution in [0.3, 0.4) is 0 Å². The highest BCUT2D eigenvalue weighted by Gasteiger charge is 2.34. The number of carbonyl (C=O) groups excluding carboxylic acids is 1. The predicted octanol–water partition coefficient (Wildman–Crippen LogP) is 1.93. The number of benzene rings is 1. The molecule has 0 bridgehead atoms. The van der Waals surface area contributed by atoms with Gasteiger partial charge in [0.2, 0.25) is 5.91 Å². The highest BCUT2D eigenvalue weighted by Crippen LogP contribution is 2.29. The molecule has 3 unspecified atom stereocenters. The summed E-state index contributed by atoms with van der Waals surface area (Å²) in [6.07, 6.45) is 3.44. The summed E-state index contributed by atoms with van der Waals surface area (Å²) in [5, 5.41) is 9.68. The highest BCUT2D eigenvalue weighted by atomic mass is 35.5. The molecule has 2 fully saturated rings. The molecule has 5 nitrogen and oxygen atoms in total. The van der Waals surface area contributed by atoms with Crippen molar-refractivity contribution < 1.29 is 13.9 Å². The Hall–Kier alpha value is -1.21. The minimum Gasteiger partial charge on any atom is -0.379 e. The molecular weight excluding hydrogens is 333 g/mol. The van der Waals surface area contributed by atoms with E-state index in [-0.39, 0.29) is 30.7 Å². The van der Waals surface area contributed by atoms with E-state index in [1.54, 1.807) is 12.1 Å². The number of carbonyl (C=O) groups is 1. The van der Waals surface area contributed by atoms with Gasteiger partial charge in [-0.2, -0.15) is 0 Å². The number of ether oxygens (including phenoxy) is 1. The third kappa shape index (κ3) is 5.14. The van der Waals surface area contributed by atoms with Gasteiger partial charge in [0.15, 0.2) is 0 Å². The minimum atomic E-state index is -0.308. The molecule has 3 rings (SSSR count). The Morgan fingerprint density at radius 2 is 2.08 bits per heavy atom. The van der Waals surface area contributed by atoms with E-state index in [9.17, 15) is 9.18 Å². The first-order chi connectivity index (χ1) is 11.2. The summed E-state index contributed by atoms with van der Waals surface area (Å²) in [5.41, 5.74) is 0.614. The standard InChI is InChI=1S/C17H24FN3O2.ClH/c18-12-4-6-13(7-5-12)21-17(22)10-20-15-3-1-2-14(15)16-11-23-9-8-19-16;/h4-7,14-16,19-20H,1-3,8-11H2,(H,21,22);1H. The molecular formula is C17H25ClFN3O2. The average molecular weight is 358 g/mol. The fourth-order valence-electron chi connectivity index (χ4n) is 3.55. The van der Waals surface area contributed by atoms with Crippen molar-refractivity contribution in [1.82, 2.24) is 10.6 Å². The van der Waals surface area contributed by atoms with Gasteiger partial charge in [-0.1, -0.05) is 6.42 Å². The molecule has 7 heteroatoms. The van der Waals surface area contributed by atoms with Gasteiger partial charge in [-0.05, 0) is 43.0 Å². The normalized spacial score (nSPS) is 26.6. The first-order valence-corrected chi connectivity index (χ1v) is 8.32. The third-order valence-electron chi connectivity index (χ3n) is 4.69. The van der Waals surface area contributed by atoms with Crippen LogP contribution in [0.15, 0.2) is 24.3 Å². The third-order valence-corrected chi connectivity index (χ3v) is 4.69. The molecule has 1 aromatic carbocycles. The number of morpholine rings is 1. The van der Waals surface area contributed by atoms with Gasteiger partial charge < -0.3 is 20.7 Å². The minimum absolute atomic E-state index is 0. The van der Waals surface area contributed by atoms with E-state index in [1.807, 2.05) is 0 Å². The van der Waals surface area contributed by atoms with Crippen molar-refractivity contribution in [1.29, 1.82) is 0 Å². The summed E-state index contributed by atoms with van der Waals surface area (Å²) in [6.45, 7) is 2.71. The molecule has 1 aromatic rings. The van der Waals surface area contributed by atoms with Crippen LogP contribution in [0, 0.1) is 11.7 Å². The molecule has 0 aromatic heterocycles. The molecule has 1 saturated heterocycles. The predicted molar refractivity (Wildman–Crippen MR) is 94.0 cm³/mol.